The lowest BCUT2D eigenvalue weighted by Crippen LogP contribution is -2.15. The first kappa shape index (κ1) is 21.0. The lowest BCUT2D eigenvalue weighted by Gasteiger charge is -2.04. The van der Waals surface area contributed by atoms with Crippen LogP contribution >= 0.6 is 0 Å². The second-order valence-corrected chi connectivity index (χ2v) is 7.80. The number of hydrogen-bond donors (Lipinski definition) is 1. The minimum atomic E-state index is -0.478. The van der Waals surface area contributed by atoms with Crippen LogP contribution in [0.25, 0.3) is 23.4 Å². The molecule has 0 fully saturated rings. The first-order valence-corrected chi connectivity index (χ1v) is 10.3. The lowest BCUT2D eigenvalue weighted by molar-refractivity contribution is 0.689. The molecule has 0 spiro atoms. The molecule has 2 aromatic carbocycles. The number of rotatable bonds is 5. The van der Waals surface area contributed by atoms with Crippen molar-refractivity contribution in [3.05, 3.63) is 104 Å². The molecule has 0 atom stereocenters. The number of nitrogens with one attached hydrogen (secondary N) is 1. The van der Waals surface area contributed by atoms with Gasteiger partial charge in [-0.1, -0.05) is 42.5 Å². The first-order chi connectivity index (χ1) is 15.5. The minimum Gasteiger partial charge on any atom is -0.267 e. The summed E-state index contributed by atoms with van der Waals surface area (Å²) >= 11 is 0. The topological polar surface area (TPSA) is 87.4 Å². The zero-order valence-electron chi connectivity index (χ0n) is 18.3. The summed E-state index contributed by atoms with van der Waals surface area (Å²) in [6.45, 7) is 6.56. The van der Waals surface area contributed by atoms with Crippen LogP contribution in [0.5, 0.6) is 0 Å². The molecule has 1 N–H and O–H groups in total. The van der Waals surface area contributed by atoms with Crippen molar-refractivity contribution in [1.82, 2.24) is 20.0 Å². The maximum atomic E-state index is 11.8. The Kier molecular flexibility index (Phi) is 5.82. The van der Waals surface area contributed by atoms with E-state index in [0.29, 0.717) is 17.8 Å². The van der Waals surface area contributed by atoms with Gasteiger partial charge in [-0.05, 0) is 61.2 Å². The number of aromatic nitrogens is 4. The Hall–Kier alpha value is -4.24. The van der Waals surface area contributed by atoms with Crippen LogP contribution in [0.2, 0.25) is 0 Å². The number of nitriles is 1. The van der Waals surface area contributed by atoms with Gasteiger partial charge in [0.05, 0.1) is 17.9 Å². The van der Waals surface area contributed by atoms with E-state index in [1.54, 1.807) is 13.0 Å². The van der Waals surface area contributed by atoms with Gasteiger partial charge in [-0.25, -0.2) is 5.10 Å². The summed E-state index contributed by atoms with van der Waals surface area (Å²) in [7, 11) is 0. The van der Waals surface area contributed by atoms with Crippen LogP contribution in [-0.4, -0.2) is 20.0 Å². The molecule has 0 bridgehead atoms. The number of benzene rings is 2. The third-order valence-electron chi connectivity index (χ3n) is 5.55. The van der Waals surface area contributed by atoms with E-state index >= 15 is 0 Å². The zero-order valence-corrected chi connectivity index (χ0v) is 18.3. The summed E-state index contributed by atoms with van der Waals surface area (Å²) < 4.78 is 1.92. The van der Waals surface area contributed by atoms with Gasteiger partial charge in [0.2, 0.25) is 0 Å². The van der Waals surface area contributed by atoms with Crippen molar-refractivity contribution in [1.29, 1.82) is 5.26 Å². The Balaban J connectivity index is 1.77. The molecular formula is C26H23N5O. The van der Waals surface area contributed by atoms with Crippen molar-refractivity contribution in [2.24, 2.45) is 0 Å². The molecule has 6 nitrogen and oxygen atoms in total. The highest BCUT2D eigenvalue weighted by molar-refractivity contribution is 5.79. The molecule has 2 heterocycles. The van der Waals surface area contributed by atoms with Crippen molar-refractivity contribution in [3.63, 3.8) is 0 Å². The molecule has 0 aliphatic carbocycles. The van der Waals surface area contributed by atoms with Gasteiger partial charge in [0.25, 0.3) is 5.56 Å². The van der Waals surface area contributed by atoms with Crippen LogP contribution in [0.15, 0.2) is 59.5 Å². The van der Waals surface area contributed by atoms with Gasteiger partial charge in [-0.3, -0.25) is 9.48 Å². The van der Waals surface area contributed by atoms with E-state index in [1.807, 2.05) is 41.2 Å². The average Bonchev–Trinajstić information content (AvgIpc) is 3.18. The molecule has 6 heteroatoms. The highest BCUT2D eigenvalue weighted by Crippen LogP contribution is 2.26. The molecule has 0 aliphatic rings. The second kappa shape index (κ2) is 8.86. The molecule has 4 rings (SSSR count). The van der Waals surface area contributed by atoms with E-state index in [9.17, 15) is 10.1 Å². The van der Waals surface area contributed by atoms with Crippen LogP contribution in [-0.2, 0) is 6.54 Å². The maximum absolute atomic E-state index is 11.8. The molecule has 32 heavy (non-hydrogen) atoms. The highest BCUT2D eigenvalue weighted by atomic mass is 16.1. The SMILES string of the molecule is Cc1ccc(-c2nn(Cc3ccccc3)cc2/C=C/c2n[nH]c(=O)c(C#N)c2C)cc1C. The molecule has 0 amide bonds. The number of hydrogen-bond acceptors (Lipinski definition) is 4. The monoisotopic (exact) mass is 421 g/mol. The van der Waals surface area contributed by atoms with Gasteiger partial charge in [-0.15, -0.1) is 0 Å². The Morgan fingerprint density at radius 1 is 1.06 bits per heavy atom. The molecule has 2 aromatic heterocycles. The number of H-pyrrole nitrogens is 1. The quantitative estimate of drug-likeness (QED) is 0.508. The van der Waals surface area contributed by atoms with E-state index in [4.69, 9.17) is 5.10 Å². The van der Waals surface area contributed by atoms with E-state index in [2.05, 4.69) is 54.4 Å². The molecule has 0 saturated carbocycles. The predicted octanol–water partition coefficient (Wildman–Crippen LogP) is 4.65. The predicted molar refractivity (Wildman–Crippen MR) is 126 cm³/mol. The van der Waals surface area contributed by atoms with Gasteiger partial charge in [0.15, 0.2) is 0 Å². The summed E-state index contributed by atoms with van der Waals surface area (Å²) in [6.07, 6.45) is 5.73. The van der Waals surface area contributed by atoms with Crippen LogP contribution in [0.1, 0.15) is 39.1 Å². The van der Waals surface area contributed by atoms with Gasteiger partial charge in [0.1, 0.15) is 11.6 Å². The summed E-state index contributed by atoms with van der Waals surface area (Å²) in [5, 5.41) is 20.6. The summed E-state index contributed by atoms with van der Waals surface area (Å²) in [5.41, 5.74) is 7.11. The lowest BCUT2D eigenvalue weighted by atomic mass is 10.0. The molecule has 0 saturated heterocycles. The molecule has 4 aromatic rings. The van der Waals surface area contributed by atoms with Gasteiger partial charge in [-0.2, -0.15) is 15.5 Å². The largest absolute Gasteiger partial charge is 0.282 e. The Morgan fingerprint density at radius 2 is 1.84 bits per heavy atom. The Bertz CT molecular complexity index is 1400. The summed E-state index contributed by atoms with van der Waals surface area (Å²) in [4.78, 5) is 11.8. The smallest absolute Gasteiger partial charge is 0.267 e. The third-order valence-corrected chi connectivity index (χ3v) is 5.55. The maximum Gasteiger partial charge on any atom is 0.282 e. The summed E-state index contributed by atoms with van der Waals surface area (Å²) in [6, 6.07) is 18.4. The van der Waals surface area contributed by atoms with E-state index in [1.165, 1.54) is 11.1 Å². The van der Waals surface area contributed by atoms with Crippen LogP contribution < -0.4 is 5.56 Å². The van der Waals surface area contributed by atoms with E-state index < -0.39 is 5.56 Å². The number of nitrogens with zero attached hydrogens (tertiary/aromatic N) is 4. The Morgan fingerprint density at radius 3 is 2.56 bits per heavy atom. The molecular weight excluding hydrogens is 398 g/mol. The van der Waals surface area contributed by atoms with Gasteiger partial charge in [0, 0.05) is 17.3 Å². The van der Waals surface area contributed by atoms with Crippen molar-refractivity contribution in [2.75, 3.05) is 0 Å². The molecule has 0 aliphatic heterocycles. The standard InChI is InChI=1S/C26H23N5O/c1-17-9-10-21(13-18(17)2)25-22(16-31(30-25)15-20-7-5-4-6-8-20)11-12-24-19(3)23(14-27)26(32)29-28-24/h4-13,16H,15H2,1-3H3,(H,29,32)/b12-11+. The normalized spacial score (nSPS) is 11.1. The third kappa shape index (κ3) is 4.28. The van der Waals surface area contributed by atoms with Crippen molar-refractivity contribution >= 4 is 12.2 Å². The summed E-state index contributed by atoms with van der Waals surface area (Å²) in [5.74, 6) is 0. The van der Waals surface area contributed by atoms with Crippen LogP contribution in [0.3, 0.4) is 0 Å². The van der Waals surface area contributed by atoms with Crippen molar-refractivity contribution in [2.45, 2.75) is 27.3 Å². The number of aryl methyl sites for hydroxylation is 2. The van der Waals surface area contributed by atoms with Gasteiger partial charge >= 0.3 is 0 Å². The highest BCUT2D eigenvalue weighted by Gasteiger charge is 2.12. The fraction of sp³-hybridized carbons (Fsp3) is 0.154. The van der Waals surface area contributed by atoms with E-state index in [-0.39, 0.29) is 5.56 Å². The minimum absolute atomic E-state index is 0.0776. The fourth-order valence-electron chi connectivity index (χ4n) is 3.54. The van der Waals surface area contributed by atoms with Gasteiger partial charge < -0.3 is 0 Å². The van der Waals surface area contributed by atoms with Crippen LogP contribution in [0, 0.1) is 32.1 Å². The molecule has 158 valence electrons. The second-order valence-electron chi connectivity index (χ2n) is 7.80. The zero-order chi connectivity index (χ0) is 22.7. The molecule has 0 unspecified atom stereocenters. The number of aromatic amines is 1. The van der Waals surface area contributed by atoms with E-state index in [0.717, 1.165) is 22.4 Å². The van der Waals surface area contributed by atoms with Crippen molar-refractivity contribution in [3.8, 4) is 17.3 Å². The van der Waals surface area contributed by atoms with Crippen molar-refractivity contribution < 1.29 is 0 Å². The molecule has 0 radical (unpaired) electrons. The van der Waals surface area contributed by atoms with Crippen LogP contribution in [0.4, 0.5) is 0 Å². The average molecular weight is 422 g/mol. The first-order valence-electron chi connectivity index (χ1n) is 10.3. The fourth-order valence-corrected chi connectivity index (χ4v) is 3.54. The Labute approximate surface area is 186 Å².